The van der Waals surface area contributed by atoms with Gasteiger partial charge < -0.3 is 9.84 Å². The number of hydrogen-bond acceptors (Lipinski definition) is 4. The van der Waals surface area contributed by atoms with Crippen molar-refractivity contribution in [2.75, 3.05) is 13.2 Å². The zero-order valence-electron chi connectivity index (χ0n) is 9.93. The van der Waals surface area contributed by atoms with Crippen LogP contribution in [0.2, 0.25) is 0 Å². The van der Waals surface area contributed by atoms with Gasteiger partial charge in [-0.15, -0.1) is 0 Å². The van der Waals surface area contributed by atoms with Gasteiger partial charge in [0.2, 0.25) is 0 Å². The molecular formula is C13H17NO3. The molecule has 1 heterocycles. The van der Waals surface area contributed by atoms with Crippen LogP contribution in [0.4, 0.5) is 0 Å². The van der Waals surface area contributed by atoms with Gasteiger partial charge in [0.25, 0.3) is 0 Å². The average Bonchev–Trinajstić information content (AvgIpc) is 3.11. The number of aliphatic hydroxyl groups excluding tert-OH is 1. The van der Waals surface area contributed by atoms with Gasteiger partial charge in [-0.1, -0.05) is 6.07 Å². The topological polar surface area (TPSA) is 59.4 Å². The van der Waals surface area contributed by atoms with Crippen LogP contribution in [0.1, 0.15) is 30.5 Å². The van der Waals surface area contributed by atoms with Crippen LogP contribution in [-0.4, -0.2) is 29.3 Å². The lowest BCUT2D eigenvalue weighted by atomic mass is 10.1. The Balaban J connectivity index is 1.94. The van der Waals surface area contributed by atoms with Crippen LogP contribution in [0.15, 0.2) is 18.3 Å². The third kappa shape index (κ3) is 2.82. The fourth-order valence-corrected chi connectivity index (χ4v) is 1.96. The molecular weight excluding hydrogens is 218 g/mol. The highest BCUT2D eigenvalue weighted by atomic mass is 16.5. The van der Waals surface area contributed by atoms with E-state index in [1.54, 1.807) is 6.20 Å². The molecule has 2 rings (SSSR count). The molecule has 0 bridgehead atoms. The van der Waals surface area contributed by atoms with Crippen molar-refractivity contribution in [1.29, 1.82) is 0 Å². The molecule has 0 amide bonds. The van der Waals surface area contributed by atoms with Crippen LogP contribution in [0, 0.1) is 5.92 Å². The van der Waals surface area contributed by atoms with Crippen molar-refractivity contribution in [3.05, 3.63) is 29.6 Å². The van der Waals surface area contributed by atoms with Crippen molar-refractivity contribution in [2.24, 2.45) is 5.92 Å². The standard InChI is InChI=1S/C13H17NO3/c1-2-17-13(16)11-7-10(11)12-4-3-9(5-6-15)8-14-12/h3-4,8,10-11,15H,2,5-7H2,1H3. The Morgan fingerprint density at radius 3 is 3.00 bits per heavy atom. The summed E-state index contributed by atoms with van der Waals surface area (Å²) in [4.78, 5) is 15.8. The van der Waals surface area contributed by atoms with E-state index < -0.39 is 0 Å². The molecule has 0 aromatic carbocycles. The lowest BCUT2D eigenvalue weighted by Gasteiger charge is -2.02. The van der Waals surface area contributed by atoms with Gasteiger partial charge in [0.1, 0.15) is 0 Å². The van der Waals surface area contributed by atoms with E-state index in [1.807, 2.05) is 19.1 Å². The number of pyridine rings is 1. The zero-order chi connectivity index (χ0) is 12.3. The molecule has 1 saturated carbocycles. The van der Waals surface area contributed by atoms with Crippen molar-refractivity contribution in [3.63, 3.8) is 0 Å². The number of ether oxygens (including phenoxy) is 1. The molecule has 17 heavy (non-hydrogen) atoms. The lowest BCUT2D eigenvalue weighted by Crippen LogP contribution is -2.07. The van der Waals surface area contributed by atoms with Crippen molar-refractivity contribution in [2.45, 2.75) is 25.7 Å². The maximum absolute atomic E-state index is 11.5. The van der Waals surface area contributed by atoms with E-state index in [2.05, 4.69) is 4.98 Å². The number of rotatable bonds is 5. The van der Waals surface area contributed by atoms with Gasteiger partial charge in [0.05, 0.1) is 12.5 Å². The van der Waals surface area contributed by atoms with Crippen LogP contribution in [-0.2, 0) is 16.0 Å². The van der Waals surface area contributed by atoms with Crippen molar-refractivity contribution in [1.82, 2.24) is 4.98 Å². The molecule has 92 valence electrons. The first-order valence-electron chi connectivity index (χ1n) is 5.98. The van der Waals surface area contributed by atoms with Crippen LogP contribution in [0.25, 0.3) is 0 Å². The molecule has 2 unspecified atom stereocenters. The molecule has 0 spiro atoms. The Bertz CT molecular complexity index is 388. The molecule has 1 fully saturated rings. The van der Waals surface area contributed by atoms with Gasteiger partial charge in [-0.3, -0.25) is 9.78 Å². The Morgan fingerprint density at radius 1 is 1.59 bits per heavy atom. The number of hydrogen-bond donors (Lipinski definition) is 1. The maximum Gasteiger partial charge on any atom is 0.309 e. The normalized spacial score (nSPS) is 22.2. The van der Waals surface area contributed by atoms with Gasteiger partial charge in [-0.05, 0) is 31.4 Å². The summed E-state index contributed by atoms with van der Waals surface area (Å²) in [5.41, 5.74) is 1.97. The van der Waals surface area contributed by atoms with Crippen LogP contribution >= 0.6 is 0 Å². The number of aliphatic hydroxyl groups is 1. The largest absolute Gasteiger partial charge is 0.466 e. The molecule has 0 saturated heterocycles. The highest BCUT2D eigenvalue weighted by molar-refractivity contribution is 5.77. The van der Waals surface area contributed by atoms with E-state index >= 15 is 0 Å². The average molecular weight is 235 g/mol. The minimum atomic E-state index is -0.112. The number of nitrogens with zero attached hydrogens (tertiary/aromatic N) is 1. The van der Waals surface area contributed by atoms with Crippen LogP contribution in [0.5, 0.6) is 0 Å². The monoisotopic (exact) mass is 235 g/mol. The van der Waals surface area contributed by atoms with Crippen LogP contribution < -0.4 is 0 Å². The number of aromatic nitrogens is 1. The van der Waals surface area contributed by atoms with E-state index in [-0.39, 0.29) is 24.4 Å². The minimum Gasteiger partial charge on any atom is -0.466 e. The van der Waals surface area contributed by atoms with E-state index in [1.165, 1.54) is 0 Å². The number of carbonyl (C=O) groups excluding carboxylic acids is 1. The lowest BCUT2D eigenvalue weighted by molar-refractivity contribution is -0.144. The molecule has 0 radical (unpaired) electrons. The molecule has 1 N–H and O–H groups in total. The van der Waals surface area contributed by atoms with Crippen molar-refractivity contribution < 1.29 is 14.6 Å². The molecule has 0 aliphatic heterocycles. The van der Waals surface area contributed by atoms with Crippen molar-refractivity contribution in [3.8, 4) is 0 Å². The SMILES string of the molecule is CCOC(=O)C1CC1c1ccc(CCO)cn1. The smallest absolute Gasteiger partial charge is 0.309 e. The van der Waals surface area contributed by atoms with E-state index in [0.29, 0.717) is 13.0 Å². The maximum atomic E-state index is 11.5. The predicted molar refractivity (Wildman–Crippen MR) is 62.5 cm³/mol. The third-order valence-electron chi connectivity index (χ3n) is 3.01. The first-order valence-corrected chi connectivity index (χ1v) is 5.98. The zero-order valence-corrected chi connectivity index (χ0v) is 9.93. The van der Waals surface area contributed by atoms with Crippen molar-refractivity contribution >= 4 is 5.97 Å². The summed E-state index contributed by atoms with van der Waals surface area (Å²) >= 11 is 0. The minimum absolute atomic E-state index is 0.00820. The number of esters is 1. The summed E-state index contributed by atoms with van der Waals surface area (Å²) in [6.45, 7) is 2.39. The molecule has 1 aliphatic carbocycles. The van der Waals surface area contributed by atoms with Gasteiger partial charge in [0, 0.05) is 24.4 Å². The van der Waals surface area contributed by atoms with E-state index in [9.17, 15) is 4.79 Å². The number of carbonyl (C=O) groups is 1. The fraction of sp³-hybridized carbons (Fsp3) is 0.538. The summed E-state index contributed by atoms with van der Waals surface area (Å²) in [5.74, 6) is 0.0992. The second-order valence-electron chi connectivity index (χ2n) is 4.27. The molecule has 1 aromatic heterocycles. The first kappa shape index (κ1) is 12.0. The Labute approximate surface area is 101 Å². The van der Waals surface area contributed by atoms with Crippen LogP contribution in [0.3, 0.4) is 0 Å². The van der Waals surface area contributed by atoms with E-state index in [4.69, 9.17) is 9.84 Å². The van der Waals surface area contributed by atoms with Gasteiger partial charge in [0.15, 0.2) is 0 Å². The van der Waals surface area contributed by atoms with Gasteiger partial charge in [-0.25, -0.2) is 0 Å². The first-order chi connectivity index (χ1) is 8.26. The molecule has 1 aromatic rings. The fourth-order valence-electron chi connectivity index (χ4n) is 1.96. The molecule has 4 nitrogen and oxygen atoms in total. The highest BCUT2D eigenvalue weighted by Crippen LogP contribution is 2.47. The second-order valence-corrected chi connectivity index (χ2v) is 4.27. The third-order valence-corrected chi connectivity index (χ3v) is 3.01. The summed E-state index contributed by atoms with van der Waals surface area (Å²) in [5, 5.41) is 8.80. The second kappa shape index (κ2) is 5.27. The Morgan fingerprint density at radius 2 is 2.41 bits per heavy atom. The predicted octanol–water partition coefficient (Wildman–Crippen LogP) is 1.28. The highest BCUT2D eigenvalue weighted by Gasteiger charge is 2.45. The quantitative estimate of drug-likeness (QED) is 0.781. The Hall–Kier alpha value is -1.42. The van der Waals surface area contributed by atoms with Gasteiger partial charge >= 0.3 is 5.97 Å². The summed E-state index contributed by atoms with van der Waals surface area (Å²) < 4.78 is 4.98. The molecule has 4 heteroatoms. The Kier molecular flexibility index (Phi) is 3.74. The summed E-state index contributed by atoms with van der Waals surface area (Å²) in [7, 11) is 0. The summed E-state index contributed by atoms with van der Waals surface area (Å²) in [6, 6.07) is 3.90. The molecule has 1 aliphatic rings. The van der Waals surface area contributed by atoms with E-state index in [0.717, 1.165) is 17.7 Å². The molecule has 2 atom stereocenters. The van der Waals surface area contributed by atoms with Gasteiger partial charge in [-0.2, -0.15) is 0 Å². The summed E-state index contributed by atoms with van der Waals surface area (Å²) in [6.07, 6.45) is 3.23.